The summed E-state index contributed by atoms with van der Waals surface area (Å²) < 4.78 is 17.1. The highest BCUT2D eigenvalue weighted by Crippen LogP contribution is 2.27. The summed E-state index contributed by atoms with van der Waals surface area (Å²) in [5.74, 6) is -0.242. The Balaban J connectivity index is 2.24. The molecule has 8 heteroatoms. The van der Waals surface area contributed by atoms with Crippen LogP contribution in [0.2, 0.25) is 0 Å². The summed E-state index contributed by atoms with van der Waals surface area (Å²) in [5, 5.41) is 6.59. The molecule has 0 saturated carbocycles. The number of ether oxygens (including phenoxy) is 3. The molecule has 1 aliphatic rings. The number of carbonyl (C=O) groups is 1. The van der Waals surface area contributed by atoms with Crippen molar-refractivity contribution < 1.29 is 19.0 Å². The summed E-state index contributed by atoms with van der Waals surface area (Å²) in [4.78, 5) is 14.4. The van der Waals surface area contributed by atoms with E-state index < -0.39 is 30.6 Å². The number of rotatable bonds is 6. The van der Waals surface area contributed by atoms with Gasteiger partial charge in [-0.2, -0.15) is 0 Å². The summed E-state index contributed by atoms with van der Waals surface area (Å²) in [5.41, 5.74) is 9.84. The van der Waals surface area contributed by atoms with E-state index in [9.17, 15) is 4.79 Å². The maximum absolute atomic E-state index is 11.6. The topological polar surface area (TPSA) is 106 Å². The molecule has 0 bridgehead atoms. The molecule has 1 aromatic rings. The number of nitrogens with one attached hydrogen (secondary N) is 1. The van der Waals surface area contributed by atoms with Gasteiger partial charge in [-0.25, -0.2) is 0 Å². The lowest BCUT2D eigenvalue weighted by atomic mass is 9.95. The van der Waals surface area contributed by atoms with Crippen molar-refractivity contribution in [3.63, 3.8) is 0 Å². The van der Waals surface area contributed by atoms with Crippen molar-refractivity contribution in [2.75, 3.05) is 7.11 Å². The fraction of sp³-hybridized carbons (Fsp3) is 0.562. The molecule has 1 fully saturated rings. The molecule has 8 nitrogen and oxygen atoms in total. The number of hydrogen-bond acceptors (Lipinski definition) is 5. The minimum absolute atomic E-state index is 0.242. The largest absolute Gasteiger partial charge is 0.371 e. The first kappa shape index (κ1) is 18.2. The van der Waals surface area contributed by atoms with Gasteiger partial charge in [0.2, 0.25) is 5.91 Å². The molecule has 130 valence electrons. The van der Waals surface area contributed by atoms with Crippen LogP contribution in [0.5, 0.6) is 0 Å². The van der Waals surface area contributed by atoms with Crippen LogP contribution in [-0.4, -0.2) is 43.6 Å². The molecular weight excluding hydrogens is 312 g/mol. The van der Waals surface area contributed by atoms with E-state index >= 15 is 0 Å². The van der Waals surface area contributed by atoms with Crippen molar-refractivity contribution in [1.29, 1.82) is 0 Å². The molecule has 1 amide bonds. The highest BCUT2D eigenvalue weighted by molar-refractivity contribution is 5.73. The van der Waals surface area contributed by atoms with Gasteiger partial charge >= 0.3 is 0 Å². The third-order valence-electron chi connectivity index (χ3n) is 3.89. The fourth-order valence-electron chi connectivity index (χ4n) is 2.79. The summed E-state index contributed by atoms with van der Waals surface area (Å²) in [6, 6.07) is 8.46. The zero-order valence-electron chi connectivity index (χ0n) is 14.0. The van der Waals surface area contributed by atoms with Crippen molar-refractivity contribution in [2.45, 2.75) is 51.0 Å². The van der Waals surface area contributed by atoms with E-state index in [1.807, 2.05) is 30.3 Å². The lowest BCUT2D eigenvalue weighted by molar-refractivity contribution is -0.232. The van der Waals surface area contributed by atoms with Crippen molar-refractivity contribution in [3.05, 3.63) is 46.3 Å². The standard InChI is InChI=1S/C16H22N4O4/c1-10-13(19-20-17)15(23-9-12-7-5-4-6-8-12)14(18-11(2)21)16(22-3)24-10/h4-8,10,13-16H,9H2,1-3H3,(H,18,21)/t10-,13+,14-,15+,16-/m1/s1. The predicted molar refractivity (Wildman–Crippen MR) is 86.9 cm³/mol. The summed E-state index contributed by atoms with van der Waals surface area (Å²) in [6.07, 6.45) is -1.66. The third kappa shape index (κ3) is 4.46. The van der Waals surface area contributed by atoms with E-state index in [1.165, 1.54) is 14.0 Å². The number of amides is 1. The van der Waals surface area contributed by atoms with Gasteiger partial charge in [0, 0.05) is 18.9 Å². The summed E-state index contributed by atoms with van der Waals surface area (Å²) in [7, 11) is 1.49. The first-order chi connectivity index (χ1) is 11.6. The fourth-order valence-corrected chi connectivity index (χ4v) is 2.79. The van der Waals surface area contributed by atoms with Gasteiger partial charge in [-0.15, -0.1) is 0 Å². The quantitative estimate of drug-likeness (QED) is 0.489. The minimum atomic E-state index is -0.685. The number of nitrogens with zero attached hydrogens (tertiary/aromatic N) is 3. The van der Waals surface area contributed by atoms with Crippen LogP contribution in [0, 0.1) is 0 Å². The van der Waals surface area contributed by atoms with Crippen LogP contribution in [0.4, 0.5) is 0 Å². The first-order valence-corrected chi connectivity index (χ1v) is 7.72. The molecule has 2 rings (SSSR count). The molecule has 1 aliphatic heterocycles. The van der Waals surface area contributed by atoms with Gasteiger partial charge in [0.05, 0.1) is 24.9 Å². The van der Waals surface area contributed by atoms with E-state index in [1.54, 1.807) is 6.92 Å². The van der Waals surface area contributed by atoms with E-state index in [-0.39, 0.29) is 5.91 Å². The van der Waals surface area contributed by atoms with Crippen LogP contribution < -0.4 is 5.32 Å². The van der Waals surface area contributed by atoms with Gasteiger partial charge in [0.25, 0.3) is 0 Å². The average molecular weight is 334 g/mol. The van der Waals surface area contributed by atoms with Crippen LogP contribution in [-0.2, 0) is 25.6 Å². The second-order valence-corrected chi connectivity index (χ2v) is 5.63. The summed E-state index contributed by atoms with van der Waals surface area (Å²) >= 11 is 0. The van der Waals surface area contributed by atoms with E-state index in [2.05, 4.69) is 15.3 Å². The molecule has 1 heterocycles. The van der Waals surface area contributed by atoms with Gasteiger partial charge in [0.15, 0.2) is 6.29 Å². The van der Waals surface area contributed by atoms with Crippen molar-refractivity contribution in [3.8, 4) is 0 Å². The Labute approximate surface area is 140 Å². The van der Waals surface area contributed by atoms with Crippen LogP contribution in [0.15, 0.2) is 35.4 Å². The van der Waals surface area contributed by atoms with Crippen LogP contribution in [0.3, 0.4) is 0 Å². The lowest BCUT2D eigenvalue weighted by Gasteiger charge is -2.43. The van der Waals surface area contributed by atoms with Crippen molar-refractivity contribution in [2.24, 2.45) is 5.11 Å². The van der Waals surface area contributed by atoms with E-state index in [4.69, 9.17) is 19.7 Å². The SMILES string of the molecule is CO[C@@H]1O[C@H](C)[C@H](N=[N+]=[N-])[C@H](OCc2ccccc2)[C@H]1NC(C)=O. The van der Waals surface area contributed by atoms with Gasteiger partial charge in [-0.05, 0) is 18.0 Å². The highest BCUT2D eigenvalue weighted by atomic mass is 16.7. The molecule has 0 radical (unpaired) electrons. The molecular formula is C16H22N4O4. The second kappa shape index (κ2) is 8.65. The van der Waals surface area contributed by atoms with Crippen molar-refractivity contribution >= 4 is 5.91 Å². The second-order valence-electron chi connectivity index (χ2n) is 5.63. The number of hydrogen-bond donors (Lipinski definition) is 1. The van der Waals surface area contributed by atoms with Gasteiger partial charge in [0.1, 0.15) is 6.04 Å². The Morgan fingerprint density at radius 1 is 1.42 bits per heavy atom. The zero-order valence-corrected chi connectivity index (χ0v) is 14.0. The number of benzene rings is 1. The lowest BCUT2D eigenvalue weighted by Crippen LogP contribution is -2.63. The molecule has 5 atom stereocenters. The van der Waals surface area contributed by atoms with Crippen LogP contribution in [0.25, 0.3) is 10.4 Å². The molecule has 1 saturated heterocycles. The zero-order chi connectivity index (χ0) is 17.5. The molecule has 0 aliphatic carbocycles. The Hall–Kier alpha value is -2.12. The summed E-state index contributed by atoms with van der Waals surface area (Å²) in [6.45, 7) is 3.51. The maximum Gasteiger partial charge on any atom is 0.217 e. The van der Waals surface area contributed by atoms with Gasteiger partial charge in [-0.3, -0.25) is 4.79 Å². The Morgan fingerprint density at radius 2 is 2.12 bits per heavy atom. The Morgan fingerprint density at radius 3 is 2.71 bits per heavy atom. The van der Waals surface area contributed by atoms with Gasteiger partial charge < -0.3 is 19.5 Å². The maximum atomic E-state index is 11.6. The first-order valence-electron chi connectivity index (χ1n) is 7.72. The Bertz CT molecular complexity index is 591. The average Bonchev–Trinajstić information content (AvgIpc) is 2.57. The number of methoxy groups -OCH3 is 1. The Kier molecular flexibility index (Phi) is 6.57. The minimum Gasteiger partial charge on any atom is -0.371 e. The van der Waals surface area contributed by atoms with Crippen LogP contribution >= 0.6 is 0 Å². The monoisotopic (exact) mass is 334 g/mol. The van der Waals surface area contributed by atoms with Gasteiger partial charge in [-0.1, -0.05) is 35.4 Å². The predicted octanol–water partition coefficient (Wildman–Crippen LogP) is 2.15. The van der Waals surface area contributed by atoms with E-state index in [0.717, 1.165) is 5.56 Å². The van der Waals surface area contributed by atoms with E-state index in [0.29, 0.717) is 6.61 Å². The molecule has 1 N–H and O–H groups in total. The number of azide groups is 1. The molecule has 0 unspecified atom stereocenters. The smallest absolute Gasteiger partial charge is 0.217 e. The van der Waals surface area contributed by atoms with Crippen molar-refractivity contribution in [1.82, 2.24) is 5.32 Å². The molecule has 1 aromatic carbocycles. The van der Waals surface area contributed by atoms with Crippen LogP contribution in [0.1, 0.15) is 19.4 Å². The number of carbonyl (C=O) groups excluding carboxylic acids is 1. The normalized spacial score (nSPS) is 29.5. The third-order valence-corrected chi connectivity index (χ3v) is 3.89. The molecule has 0 spiro atoms. The molecule has 24 heavy (non-hydrogen) atoms. The highest BCUT2D eigenvalue weighted by Gasteiger charge is 2.45. The molecule has 0 aromatic heterocycles.